The van der Waals surface area contributed by atoms with Crippen LogP contribution >= 0.6 is 15.9 Å². The number of pyridine rings is 1. The Morgan fingerprint density at radius 2 is 2.06 bits per heavy atom. The lowest BCUT2D eigenvalue weighted by atomic mass is 10.1. The van der Waals surface area contributed by atoms with Crippen molar-refractivity contribution >= 4 is 27.0 Å². The van der Waals surface area contributed by atoms with E-state index in [1.807, 2.05) is 30.3 Å². The zero-order chi connectivity index (χ0) is 12.5. The van der Waals surface area contributed by atoms with Crippen LogP contribution in [-0.2, 0) is 0 Å². The van der Waals surface area contributed by atoms with Gasteiger partial charge in [0.25, 0.3) is 0 Å². The van der Waals surface area contributed by atoms with Crippen molar-refractivity contribution in [1.82, 2.24) is 9.97 Å². The molecule has 3 rings (SSSR count). The fraction of sp³-hybridized carbons (Fsp3) is 0.0714. The first-order chi connectivity index (χ1) is 8.78. The molecule has 0 unspecified atom stereocenters. The summed E-state index contributed by atoms with van der Waals surface area (Å²) in [5.41, 5.74) is 2.92. The van der Waals surface area contributed by atoms with Crippen LogP contribution < -0.4 is 4.74 Å². The Balaban J connectivity index is 2.19. The van der Waals surface area contributed by atoms with Gasteiger partial charge in [-0.2, -0.15) is 0 Å². The van der Waals surface area contributed by atoms with Crippen molar-refractivity contribution in [3.8, 4) is 17.0 Å². The van der Waals surface area contributed by atoms with E-state index in [-0.39, 0.29) is 0 Å². The lowest BCUT2D eigenvalue weighted by molar-refractivity contribution is 0.416. The highest BCUT2D eigenvalue weighted by Crippen LogP contribution is 2.31. The second kappa shape index (κ2) is 4.46. The summed E-state index contributed by atoms with van der Waals surface area (Å²) in [7, 11) is 1.68. The molecule has 0 spiro atoms. The van der Waals surface area contributed by atoms with Crippen LogP contribution in [0.25, 0.3) is 22.3 Å². The van der Waals surface area contributed by atoms with E-state index in [2.05, 4.69) is 32.0 Å². The molecule has 1 N–H and O–H groups in total. The van der Waals surface area contributed by atoms with Crippen molar-refractivity contribution in [1.29, 1.82) is 0 Å². The number of aromatic nitrogens is 2. The molecule has 0 saturated heterocycles. The largest absolute Gasteiger partial charge is 0.496 e. The minimum absolute atomic E-state index is 0.850. The van der Waals surface area contributed by atoms with Gasteiger partial charge in [-0.1, -0.05) is 12.1 Å². The average molecular weight is 303 g/mol. The summed E-state index contributed by atoms with van der Waals surface area (Å²) >= 11 is 3.42. The molecule has 3 aromatic rings. The number of rotatable bonds is 2. The fourth-order valence-corrected chi connectivity index (χ4v) is 2.35. The number of H-pyrrole nitrogens is 1. The number of aromatic amines is 1. The number of para-hydroxylation sites is 1. The van der Waals surface area contributed by atoms with E-state index in [9.17, 15) is 0 Å². The number of hydrogen-bond donors (Lipinski definition) is 1. The van der Waals surface area contributed by atoms with Gasteiger partial charge < -0.3 is 9.72 Å². The first kappa shape index (κ1) is 11.3. The third-order valence-electron chi connectivity index (χ3n) is 2.83. The zero-order valence-corrected chi connectivity index (χ0v) is 11.4. The SMILES string of the molecule is COc1ccccc1-c1cc2cc(Br)cnc2[nH]1. The fourth-order valence-electron chi connectivity index (χ4n) is 2.00. The first-order valence-corrected chi connectivity index (χ1v) is 6.35. The van der Waals surface area contributed by atoms with Crippen molar-refractivity contribution in [2.45, 2.75) is 0 Å². The van der Waals surface area contributed by atoms with Gasteiger partial charge in [0.2, 0.25) is 0 Å². The van der Waals surface area contributed by atoms with Crippen LogP contribution in [0.3, 0.4) is 0 Å². The summed E-state index contributed by atoms with van der Waals surface area (Å²) in [5.74, 6) is 0.850. The third kappa shape index (κ3) is 1.88. The van der Waals surface area contributed by atoms with Gasteiger partial charge in [-0.3, -0.25) is 0 Å². The van der Waals surface area contributed by atoms with Crippen molar-refractivity contribution in [3.63, 3.8) is 0 Å². The van der Waals surface area contributed by atoms with Crippen molar-refractivity contribution in [2.75, 3.05) is 7.11 Å². The summed E-state index contributed by atoms with van der Waals surface area (Å²) in [6.45, 7) is 0. The molecule has 90 valence electrons. The molecule has 18 heavy (non-hydrogen) atoms. The van der Waals surface area contributed by atoms with Gasteiger partial charge >= 0.3 is 0 Å². The summed E-state index contributed by atoms with van der Waals surface area (Å²) in [4.78, 5) is 7.64. The summed E-state index contributed by atoms with van der Waals surface area (Å²) in [5, 5.41) is 1.07. The summed E-state index contributed by atoms with van der Waals surface area (Å²) < 4.78 is 6.34. The Bertz CT molecular complexity index is 706. The maximum Gasteiger partial charge on any atom is 0.137 e. The molecule has 0 aliphatic rings. The van der Waals surface area contributed by atoms with Gasteiger partial charge in [0.1, 0.15) is 11.4 Å². The van der Waals surface area contributed by atoms with Gasteiger partial charge in [0, 0.05) is 21.6 Å². The second-order valence-corrected chi connectivity index (χ2v) is 4.89. The van der Waals surface area contributed by atoms with Crippen LogP contribution in [-0.4, -0.2) is 17.1 Å². The molecular formula is C14H11BrN2O. The molecule has 2 heterocycles. The highest BCUT2D eigenvalue weighted by atomic mass is 79.9. The van der Waals surface area contributed by atoms with Crippen LogP contribution in [0, 0.1) is 0 Å². The van der Waals surface area contributed by atoms with Crippen molar-refractivity contribution in [3.05, 3.63) is 47.1 Å². The van der Waals surface area contributed by atoms with Crippen molar-refractivity contribution in [2.24, 2.45) is 0 Å². The third-order valence-corrected chi connectivity index (χ3v) is 3.27. The Labute approximate surface area is 113 Å². The zero-order valence-electron chi connectivity index (χ0n) is 9.77. The van der Waals surface area contributed by atoms with Gasteiger partial charge in [-0.05, 0) is 40.2 Å². The smallest absolute Gasteiger partial charge is 0.137 e. The predicted octanol–water partition coefficient (Wildman–Crippen LogP) is 4.00. The monoisotopic (exact) mass is 302 g/mol. The number of methoxy groups -OCH3 is 1. The number of nitrogens with one attached hydrogen (secondary N) is 1. The lowest BCUT2D eigenvalue weighted by Gasteiger charge is -2.05. The van der Waals surface area contributed by atoms with Gasteiger partial charge in [0.05, 0.1) is 12.8 Å². The number of nitrogens with zero attached hydrogens (tertiary/aromatic N) is 1. The highest BCUT2D eigenvalue weighted by Gasteiger charge is 2.08. The van der Waals surface area contributed by atoms with Crippen LogP contribution in [0.5, 0.6) is 5.75 Å². The van der Waals surface area contributed by atoms with E-state index < -0.39 is 0 Å². The van der Waals surface area contributed by atoms with Crippen LogP contribution in [0.4, 0.5) is 0 Å². The lowest BCUT2D eigenvalue weighted by Crippen LogP contribution is -1.87. The number of hydrogen-bond acceptors (Lipinski definition) is 2. The quantitative estimate of drug-likeness (QED) is 0.777. The Morgan fingerprint density at radius 1 is 1.22 bits per heavy atom. The molecule has 0 bridgehead atoms. The van der Waals surface area contributed by atoms with Crippen LogP contribution in [0.2, 0.25) is 0 Å². The normalized spacial score (nSPS) is 10.8. The summed E-state index contributed by atoms with van der Waals surface area (Å²) in [6.07, 6.45) is 1.78. The number of benzene rings is 1. The minimum atomic E-state index is 0.850. The molecule has 0 atom stereocenters. The van der Waals surface area contributed by atoms with E-state index in [0.29, 0.717) is 0 Å². The first-order valence-electron chi connectivity index (χ1n) is 5.55. The van der Waals surface area contributed by atoms with E-state index in [1.165, 1.54) is 0 Å². The van der Waals surface area contributed by atoms with E-state index in [4.69, 9.17) is 4.74 Å². The molecule has 0 fully saturated rings. The molecule has 2 aromatic heterocycles. The van der Waals surface area contributed by atoms with Crippen molar-refractivity contribution < 1.29 is 4.74 Å². The second-order valence-electron chi connectivity index (χ2n) is 3.97. The topological polar surface area (TPSA) is 37.9 Å². The number of halogens is 1. The van der Waals surface area contributed by atoms with Gasteiger partial charge in [0.15, 0.2) is 0 Å². The standard InChI is InChI=1S/C14H11BrN2O/c1-18-13-5-3-2-4-11(13)12-7-9-6-10(15)8-16-14(9)17-12/h2-8H,1H3,(H,16,17). The Kier molecular flexibility index (Phi) is 2.80. The van der Waals surface area contributed by atoms with Crippen LogP contribution in [0.15, 0.2) is 47.1 Å². The molecule has 4 heteroatoms. The minimum Gasteiger partial charge on any atom is -0.496 e. The molecule has 0 saturated carbocycles. The Hall–Kier alpha value is -1.81. The maximum absolute atomic E-state index is 5.37. The molecular weight excluding hydrogens is 292 g/mol. The average Bonchev–Trinajstić information content (AvgIpc) is 2.81. The molecule has 0 amide bonds. The highest BCUT2D eigenvalue weighted by molar-refractivity contribution is 9.10. The number of fused-ring (bicyclic) bond motifs is 1. The maximum atomic E-state index is 5.37. The molecule has 3 nitrogen and oxygen atoms in total. The predicted molar refractivity (Wildman–Crippen MR) is 75.8 cm³/mol. The Morgan fingerprint density at radius 3 is 2.89 bits per heavy atom. The van der Waals surface area contributed by atoms with Gasteiger partial charge in [-0.25, -0.2) is 4.98 Å². The summed E-state index contributed by atoms with van der Waals surface area (Å²) in [6, 6.07) is 12.0. The molecule has 0 radical (unpaired) electrons. The molecule has 0 aliphatic heterocycles. The van der Waals surface area contributed by atoms with Crippen LogP contribution in [0.1, 0.15) is 0 Å². The van der Waals surface area contributed by atoms with Gasteiger partial charge in [-0.15, -0.1) is 0 Å². The molecule has 1 aromatic carbocycles. The number of ether oxygens (including phenoxy) is 1. The van der Waals surface area contributed by atoms with E-state index in [1.54, 1.807) is 13.3 Å². The van der Waals surface area contributed by atoms with E-state index >= 15 is 0 Å². The van der Waals surface area contributed by atoms with E-state index in [0.717, 1.165) is 32.5 Å². The molecule has 0 aliphatic carbocycles.